The monoisotopic (exact) mass is 339 g/mol. The number of carbonyl (C=O) groups is 1. The zero-order valence-electron chi connectivity index (χ0n) is 14.1. The van der Waals surface area contributed by atoms with Crippen molar-refractivity contribution in [1.29, 1.82) is 0 Å². The quantitative estimate of drug-likeness (QED) is 0.769. The Bertz CT molecular complexity index is 912. The van der Waals surface area contributed by atoms with E-state index < -0.39 is 5.97 Å². The number of nitrogens with zero attached hydrogens (tertiary/aromatic N) is 3. The van der Waals surface area contributed by atoms with E-state index >= 15 is 0 Å². The van der Waals surface area contributed by atoms with Crippen molar-refractivity contribution in [3.05, 3.63) is 53.7 Å². The van der Waals surface area contributed by atoms with Gasteiger partial charge in [0.2, 0.25) is 0 Å². The number of ether oxygens (including phenoxy) is 2. The largest absolute Gasteiger partial charge is 0.497 e. The van der Waals surface area contributed by atoms with Crippen LogP contribution < -0.4 is 9.47 Å². The zero-order chi connectivity index (χ0) is 18.0. The van der Waals surface area contributed by atoms with Crippen molar-refractivity contribution in [2.24, 2.45) is 0 Å². The van der Waals surface area contributed by atoms with E-state index in [9.17, 15) is 9.90 Å². The van der Waals surface area contributed by atoms with E-state index in [1.165, 1.54) is 4.68 Å². The van der Waals surface area contributed by atoms with Gasteiger partial charge in [-0.3, -0.25) is 0 Å². The van der Waals surface area contributed by atoms with Gasteiger partial charge in [0.1, 0.15) is 17.2 Å². The molecule has 0 aliphatic heterocycles. The van der Waals surface area contributed by atoms with Gasteiger partial charge in [-0.05, 0) is 13.0 Å². The smallest absolute Gasteiger partial charge is 0.358 e. The van der Waals surface area contributed by atoms with E-state index in [1.54, 1.807) is 32.4 Å². The summed E-state index contributed by atoms with van der Waals surface area (Å²) >= 11 is 0. The fourth-order valence-electron chi connectivity index (χ4n) is 2.57. The van der Waals surface area contributed by atoms with Gasteiger partial charge in [0.15, 0.2) is 5.69 Å². The lowest BCUT2D eigenvalue weighted by Gasteiger charge is -2.11. The highest BCUT2D eigenvalue weighted by molar-refractivity contribution is 5.93. The SMILES string of the molecule is COc1cc(OC)cc(-n2nnc(C(=O)O)c2-c2cccc(C)c2)c1. The van der Waals surface area contributed by atoms with Crippen molar-refractivity contribution < 1.29 is 19.4 Å². The number of carboxylic acids is 1. The van der Waals surface area contributed by atoms with Gasteiger partial charge in [-0.25, -0.2) is 9.48 Å². The Hall–Kier alpha value is -3.35. The fourth-order valence-corrected chi connectivity index (χ4v) is 2.57. The molecule has 0 saturated carbocycles. The van der Waals surface area contributed by atoms with E-state index in [0.29, 0.717) is 28.4 Å². The van der Waals surface area contributed by atoms with E-state index in [2.05, 4.69) is 10.3 Å². The molecule has 7 heteroatoms. The van der Waals surface area contributed by atoms with Crippen molar-refractivity contribution in [3.8, 4) is 28.4 Å². The minimum atomic E-state index is -1.14. The summed E-state index contributed by atoms with van der Waals surface area (Å²) in [5.74, 6) is -0.00792. The van der Waals surface area contributed by atoms with E-state index in [1.807, 2.05) is 31.2 Å². The standard InChI is InChI=1S/C18H17N3O4/c1-11-5-4-6-12(7-11)17-16(18(22)23)19-20-21(17)13-8-14(24-2)10-15(9-13)25-3/h4-10H,1-3H3,(H,22,23). The maximum absolute atomic E-state index is 11.6. The number of hydrogen-bond donors (Lipinski definition) is 1. The average molecular weight is 339 g/mol. The number of aromatic carboxylic acids is 1. The predicted molar refractivity (Wildman–Crippen MR) is 91.6 cm³/mol. The maximum Gasteiger partial charge on any atom is 0.358 e. The van der Waals surface area contributed by atoms with Crippen LogP contribution >= 0.6 is 0 Å². The molecule has 7 nitrogen and oxygen atoms in total. The van der Waals surface area contributed by atoms with Crippen LogP contribution in [-0.2, 0) is 0 Å². The average Bonchev–Trinajstić information content (AvgIpc) is 3.06. The second-order valence-electron chi connectivity index (χ2n) is 5.44. The number of aryl methyl sites for hydroxylation is 1. The molecule has 0 amide bonds. The molecule has 2 aromatic carbocycles. The third-order valence-corrected chi connectivity index (χ3v) is 3.75. The molecule has 0 unspecified atom stereocenters. The lowest BCUT2D eigenvalue weighted by molar-refractivity contribution is 0.0691. The second kappa shape index (κ2) is 6.64. The molecule has 0 radical (unpaired) electrons. The lowest BCUT2D eigenvalue weighted by atomic mass is 10.1. The van der Waals surface area contributed by atoms with Crippen molar-refractivity contribution in [2.45, 2.75) is 6.92 Å². The highest BCUT2D eigenvalue weighted by Crippen LogP contribution is 2.30. The van der Waals surface area contributed by atoms with Crippen LogP contribution in [0.1, 0.15) is 16.1 Å². The molecule has 0 spiro atoms. The molecule has 3 aromatic rings. The normalized spacial score (nSPS) is 10.5. The molecule has 25 heavy (non-hydrogen) atoms. The molecular weight excluding hydrogens is 322 g/mol. The van der Waals surface area contributed by atoms with Gasteiger partial charge >= 0.3 is 5.97 Å². The predicted octanol–water partition coefficient (Wildman–Crippen LogP) is 2.96. The third kappa shape index (κ3) is 3.16. The van der Waals surface area contributed by atoms with Crippen LogP contribution in [0.5, 0.6) is 11.5 Å². The van der Waals surface area contributed by atoms with Gasteiger partial charge in [0.25, 0.3) is 0 Å². The van der Waals surface area contributed by atoms with Gasteiger partial charge in [-0.15, -0.1) is 5.10 Å². The molecule has 3 rings (SSSR count). The van der Waals surface area contributed by atoms with Crippen LogP contribution in [0.4, 0.5) is 0 Å². The Labute approximate surface area is 144 Å². The summed E-state index contributed by atoms with van der Waals surface area (Å²) in [5, 5.41) is 17.4. The number of carboxylic acid groups (broad SMARTS) is 1. The van der Waals surface area contributed by atoms with Gasteiger partial charge in [-0.1, -0.05) is 29.0 Å². The van der Waals surface area contributed by atoms with Crippen LogP contribution in [0, 0.1) is 6.92 Å². The first-order chi connectivity index (χ1) is 12.0. The molecule has 0 aliphatic rings. The summed E-state index contributed by atoms with van der Waals surface area (Å²) in [4.78, 5) is 11.6. The molecule has 0 fully saturated rings. The molecule has 1 aromatic heterocycles. The summed E-state index contributed by atoms with van der Waals surface area (Å²) in [7, 11) is 3.09. The maximum atomic E-state index is 11.6. The Morgan fingerprint density at radius 1 is 1.08 bits per heavy atom. The summed E-state index contributed by atoms with van der Waals surface area (Å²) < 4.78 is 12.0. The molecule has 1 heterocycles. The Balaban J connectivity index is 2.26. The molecule has 0 saturated heterocycles. The summed E-state index contributed by atoms with van der Waals surface area (Å²) in [6.45, 7) is 1.94. The fraction of sp³-hybridized carbons (Fsp3) is 0.167. The number of hydrogen-bond acceptors (Lipinski definition) is 5. The van der Waals surface area contributed by atoms with Crippen molar-refractivity contribution in [3.63, 3.8) is 0 Å². The Kier molecular flexibility index (Phi) is 4.38. The van der Waals surface area contributed by atoms with E-state index in [4.69, 9.17) is 9.47 Å². The van der Waals surface area contributed by atoms with E-state index in [0.717, 1.165) is 5.56 Å². The minimum absolute atomic E-state index is 0.118. The van der Waals surface area contributed by atoms with Crippen LogP contribution in [0.2, 0.25) is 0 Å². The molecular formula is C18H17N3O4. The highest BCUT2D eigenvalue weighted by Gasteiger charge is 2.22. The third-order valence-electron chi connectivity index (χ3n) is 3.75. The highest BCUT2D eigenvalue weighted by atomic mass is 16.5. The summed E-state index contributed by atoms with van der Waals surface area (Å²) in [6.07, 6.45) is 0. The summed E-state index contributed by atoms with van der Waals surface area (Å²) in [6, 6.07) is 12.7. The number of rotatable bonds is 5. The molecule has 0 bridgehead atoms. The second-order valence-corrected chi connectivity index (χ2v) is 5.44. The zero-order valence-corrected chi connectivity index (χ0v) is 14.1. The van der Waals surface area contributed by atoms with Crippen molar-refractivity contribution >= 4 is 5.97 Å². The van der Waals surface area contributed by atoms with Crippen molar-refractivity contribution in [2.75, 3.05) is 14.2 Å². The van der Waals surface area contributed by atoms with Gasteiger partial charge < -0.3 is 14.6 Å². The molecule has 0 aliphatic carbocycles. The van der Waals surface area contributed by atoms with Crippen LogP contribution in [0.15, 0.2) is 42.5 Å². The van der Waals surface area contributed by atoms with Gasteiger partial charge in [0.05, 0.1) is 19.9 Å². The van der Waals surface area contributed by atoms with Crippen LogP contribution in [-0.4, -0.2) is 40.3 Å². The van der Waals surface area contributed by atoms with Gasteiger partial charge in [0, 0.05) is 23.8 Å². The number of benzene rings is 2. The summed E-state index contributed by atoms with van der Waals surface area (Å²) in [5.41, 5.74) is 2.58. The topological polar surface area (TPSA) is 86.5 Å². The first kappa shape index (κ1) is 16.5. The van der Waals surface area contributed by atoms with Crippen molar-refractivity contribution in [1.82, 2.24) is 15.0 Å². The number of aromatic nitrogens is 3. The van der Waals surface area contributed by atoms with E-state index in [-0.39, 0.29) is 5.69 Å². The molecule has 0 atom stereocenters. The number of methoxy groups -OCH3 is 2. The van der Waals surface area contributed by atoms with Crippen LogP contribution in [0.25, 0.3) is 16.9 Å². The first-order valence-corrected chi connectivity index (χ1v) is 7.53. The Morgan fingerprint density at radius 2 is 1.76 bits per heavy atom. The molecule has 1 N–H and O–H groups in total. The van der Waals surface area contributed by atoms with Gasteiger partial charge in [-0.2, -0.15) is 0 Å². The minimum Gasteiger partial charge on any atom is -0.497 e. The molecule has 128 valence electrons. The first-order valence-electron chi connectivity index (χ1n) is 7.53. The lowest BCUT2D eigenvalue weighted by Crippen LogP contribution is -2.04. The van der Waals surface area contributed by atoms with Crippen LogP contribution in [0.3, 0.4) is 0 Å². The Morgan fingerprint density at radius 3 is 2.32 bits per heavy atom.